The van der Waals surface area contributed by atoms with E-state index in [0.717, 1.165) is 32.5 Å². The van der Waals surface area contributed by atoms with E-state index < -0.39 is 0 Å². The second-order valence-electron chi connectivity index (χ2n) is 4.90. The van der Waals surface area contributed by atoms with E-state index in [1.807, 2.05) is 20.2 Å². The van der Waals surface area contributed by atoms with E-state index >= 15 is 0 Å². The summed E-state index contributed by atoms with van der Waals surface area (Å²) in [6, 6.07) is 6.63. The lowest BCUT2D eigenvalue weighted by Gasteiger charge is -2.09. The number of nitrogens with zero attached hydrogens (tertiary/aromatic N) is 3. The molecular weight excluding hydrogens is 335 g/mol. The average Bonchev–Trinajstić information content (AvgIpc) is 2.75. The third-order valence-electron chi connectivity index (χ3n) is 3.33. The first kappa shape index (κ1) is 14.0. The SMILES string of the molecule is Cc1nn(C)c2ncc(CNc3cc(F)ccc3Br)cc12. The fourth-order valence-electron chi connectivity index (χ4n) is 2.28. The Morgan fingerprint density at radius 1 is 1.33 bits per heavy atom. The van der Waals surface area contributed by atoms with E-state index in [1.54, 1.807) is 10.7 Å². The Morgan fingerprint density at radius 3 is 2.95 bits per heavy atom. The molecule has 21 heavy (non-hydrogen) atoms. The Morgan fingerprint density at radius 2 is 2.14 bits per heavy atom. The second kappa shape index (κ2) is 5.44. The van der Waals surface area contributed by atoms with Crippen LogP contribution < -0.4 is 5.32 Å². The maximum atomic E-state index is 13.3. The number of hydrogen-bond acceptors (Lipinski definition) is 3. The Balaban J connectivity index is 1.85. The molecule has 0 amide bonds. The van der Waals surface area contributed by atoms with Crippen LogP contribution >= 0.6 is 15.9 Å². The summed E-state index contributed by atoms with van der Waals surface area (Å²) in [5.74, 6) is -0.266. The molecule has 3 aromatic rings. The van der Waals surface area contributed by atoms with Crippen LogP contribution in [0.1, 0.15) is 11.3 Å². The number of fused-ring (bicyclic) bond motifs is 1. The first-order chi connectivity index (χ1) is 10.0. The maximum absolute atomic E-state index is 13.3. The number of aryl methyl sites for hydroxylation is 2. The predicted molar refractivity (Wildman–Crippen MR) is 84.7 cm³/mol. The fourth-order valence-corrected chi connectivity index (χ4v) is 2.66. The maximum Gasteiger partial charge on any atom is 0.157 e. The van der Waals surface area contributed by atoms with Gasteiger partial charge in [0.15, 0.2) is 5.65 Å². The summed E-state index contributed by atoms with van der Waals surface area (Å²) in [4.78, 5) is 4.43. The van der Waals surface area contributed by atoms with Gasteiger partial charge in [-0.2, -0.15) is 5.10 Å². The number of aromatic nitrogens is 3. The van der Waals surface area contributed by atoms with Crippen molar-refractivity contribution in [3.63, 3.8) is 0 Å². The van der Waals surface area contributed by atoms with Gasteiger partial charge in [0.05, 0.1) is 11.4 Å². The summed E-state index contributed by atoms with van der Waals surface area (Å²) in [7, 11) is 1.88. The topological polar surface area (TPSA) is 42.7 Å². The molecule has 1 aromatic carbocycles. The van der Waals surface area contributed by atoms with E-state index in [1.165, 1.54) is 12.1 Å². The molecule has 0 unspecified atom stereocenters. The number of nitrogens with one attached hydrogen (secondary N) is 1. The largest absolute Gasteiger partial charge is 0.380 e. The molecule has 0 saturated carbocycles. The molecule has 1 N–H and O–H groups in total. The van der Waals surface area contributed by atoms with Crippen molar-refractivity contribution < 1.29 is 4.39 Å². The Labute approximate surface area is 130 Å². The highest BCUT2D eigenvalue weighted by Crippen LogP contribution is 2.24. The first-order valence-electron chi connectivity index (χ1n) is 6.52. The third kappa shape index (κ3) is 2.76. The Bertz CT molecular complexity index is 813. The highest BCUT2D eigenvalue weighted by atomic mass is 79.9. The molecule has 0 atom stereocenters. The lowest BCUT2D eigenvalue weighted by atomic mass is 10.2. The smallest absolute Gasteiger partial charge is 0.157 e. The van der Waals surface area contributed by atoms with E-state index in [2.05, 4.69) is 37.4 Å². The van der Waals surface area contributed by atoms with Crippen LogP contribution in [0.3, 0.4) is 0 Å². The average molecular weight is 349 g/mol. The monoisotopic (exact) mass is 348 g/mol. The molecule has 4 nitrogen and oxygen atoms in total. The number of benzene rings is 1. The molecule has 0 radical (unpaired) electrons. The minimum atomic E-state index is -0.266. The zero-order valence-corrected chi connectivity index (χ0v) is 13.3. The van der Waals surface area contributed by atoms with Gasteiger partial charge in [-0.3, -0.25) is 4.68 Å². The van der Waals surface area contributed by atoms with Crippen LogP contribution in [0.2, 0.25) is 0 Å². The minimum absolute atomic E-state index is 0.266. The number of halogens is 2. The quantitative estimate of drug-likeness (QED) is 0.782. The summed E-state index contributed by atoms with van der Waals surface area (Å²) in [6.07, 6.45) is 1.81. The normalized spacial score (nSPS) is 11.0. The molecular formula is C15H14BrFN4. The van der Waals surface area contributed by atoms with Crippen LogP contribution in [-0.2, 0) is 13.6 Å². The molecule has 0 aliphatic carbocycles. The molecule has 0 saturated heterocycles. The molecule has 0 fully saturated rings. The summed E-state index contributed by atoms with van der Waals surface area (Å²) >= 11 is 3.40. The zero-order chi connectivity index (χ0) is 15.0. The second-order valence-corrected chi connectivity index (χ2v) is 5.76. The highest BCUT2D eigenvalue weighted by Gasteiger charge is 2.07. The van der Waals surface area contributed by atoms with Crippen molar-refractivity contribution in [3.05, 3.63) is 52.0 Å². The lowest BCUT2D eigenvalue weighted by Crippen LogP contribution is -2.01. The molecule has 108 valence electrons. The van der Waals surface area contributed by atoms with Crippen LogP contribution in [-0.4, -0.2) is 14.8 Å². The molecule has 0 aliphatic heterocycles. The van der Waals surface area contributed by atoms with Crippen molar-refractivity contribution in [2.45, 2.75) is 13.5 Å². The van der Waals surface area contributed by atoms with Crippen molar-refractivity contribution >= 4 is 32.7 Å². The van der Waals surface area contributed by atoms with E-state index in [9.17, 15) is 4.39 Å². The van der Waals surface area contributed by atoms with Crippen LogP contribution in [0.4, 0.5) is 10.1 Å². The molecule has 0 aliphatic rings. The summed E-state index contributed by atoms with van der Waals surface area (Å²) < 4.78 is 15.9. The standard InChI is InChI=1S/C15H14BrFN4/c1-9-12-5-10(8-19-15(12)21(2)20-9)7-18-14-6-11(17)3-4-13(14)16/h3-6,8,18H,7H2,1-2H3. The summed E-state index contributed by atoms with van der Waals surface area (Å²) in [6.45, 7) is 2.53. The van der Waals surface area contributed by atoms with Gasteiger partial charge in [0, 0.05) is 29.6 Å². The molecule has 0 spiro atoms. The third-order valence-corrected chi connectivity index (χ3v) is 4.02. The fraction of sp³-hybridized carbons (Fsp3) is 0.200. The first-order valence-corrected chi connectivity index (χ1v) is 7.31. The minimum Gasteiger partial charge on any atom is -0.380 e. The number of rotatable bonds is 3. The van der Waals surface area contributed by atoms with Gasteiger partial charge >= 0.3 is 0 Å². The van der Waals surface area contributed by atoms with Gasteiger partial charge in [-0.1, -0.05) is 0 Å². The van der Waals surface area contributed by atoms with Crippen molar-refractivity contribution in [2.24, 2.45) is 7.05 Å². The van der Waals surface area contributed by atoms with E-state index in [0.29, 0.717) is 6.54 Å². The van der Waals surface area contributed by atoms with Crippen molar-refractivity contribution in [2.75, 3.05) is 5.32 Å². The van der Waals surface area contributed by atoms with Gasteiger partial charge in [-0.15, -0.1) is 0 Å². The van der Waals surface area contributed by atoms with E-state index in [4.69, 9.17) is 0 Å². The number of hydrogen-bond donors (Lipinski definition) is 1. The van der Waals surface area contributed by atoms with Gasteiger partial charge in [0.1, 0.15) is 5.82 Å². The van der Waals surface area contributed by atoms with Gasteiger partial charge < -0.3 is 5.32 Å². The highest BCUT2D eigenvalue weighted by molar-refractivity contribution is 9.10. The Kier molecular flexibility index (Phi) is 3.63. The summed E-state index contributed by atoms with van der Waals surface area (Å²) in [5, 5.41) is 8.60. The van der Waals surface area contributed by atoms with Crippen LogP contribution in [0.5, 0.6) is 0 Å². The van der Waals surface area contributed by atoms with Gasteiger partial charge in [-0.25, -0.2) is 9.37 Å². The van der Waals surface area contributed by atoms with Crippen molar-refractivity contribution in [1.29, 1.82) is 0 Å². The van der Waals surface area contributed by atoms with Crippen LogP contribution in [0.25, 0.3) is 11.0 Å². The molecule has 3 rings (SSSR count). The molecule has 2 aromatic heterocycles. The predicted octanol–water partition coefficient (Wildman–Crippen LogP) is 3.79. The van der Waals surface area contributed by atoms with Crippen LogP contribution in [0.15, 0.2) is 34.9 Å². The molecule has 0 bridgehead atoms. The van der Waals surface area contributed by atoms with Crippen molar-refractivity contribution in [3.8, 4) is 0 Å². The zero-order valence-electron chi connectivity index (χ0n) is 11.7. The number of pyridine rings is 1. The lowest BCUT2D eigenvalue weighted by molar-refractivity contribution is 0.628. The molecule has 6 heteroatoms. The van der Waals surface area contributed by atoms with E-state index in [-0.39, 0.29) is 5.82 Å². The molecule has 2 heterocycles. The number of anilines is 1. The summed E-state index contributed by atoms with van der Waals surface area (Å²) in [5.41, 5.74) is 3.56. The van der Waals surface area contributed by atoms with Gasteiger partial charge in [-0.05, 0) is 52.7 Å². The van der Waals surface area contributed by atoms with Gasteiger partial charge in [0.25, 0.3) is 0 Å². The van der Waals surface area contributed by atoms with Gasteiger partial charge in [0.2, 0.25) is 0 Å². The van der Waals surface area contributed by atoms with Crippen LogP contribution in [0, 0.1) is 12.7 Å². The van der Waals surface area contributed by atoms with Crippen molar-refractivity contribution in [1.82, 2.24) is 14.8 Å². The Hall–Kier alpha value is -1.95.